The Bertz CT molecular complexity index is 954. The quantitative estimate of drug-likeness (QED) is 0.638. The minimum Gasteiger partial charge on any atom is -0.507 e. The van der Waals surface area contributed by atoms with E-state index in [2.05, 4.69) is 5.32 Å². The van der Waals surface area contributed by atoms with Crippen molar-refractivity contribution < 1.29 is 24.2 Å². The summed E-state index contributed by atoms with van der Waals surface area (Å²) >= 11 is 6.06. The zero-order valence-electron chi connectivity index (χ0n) is 13.5. The number of nitrogens with one attached hydrogen (secondary N) is 1. The molecule has 0 radical (unpaired) electrons. The summed E-state index contributed by atoms with van der Waals surface area (Å²) in [5.74, 6) is -1.48. The molecule has 1 aliphatic heterocycles. The number of hydrogen-bond acceptors (Lipinski definition) is 5. The number of aromatic hydroxyl groups is 1. The number of phenolic OH excluding ortho intramolecular Hbond substituents is 1. The minimum atomic E-state index is -0.899. The summed E-state index contributed by atoms with van der Waals surface area (Å²) in [7, 11) is 1.44. The fraction of sp³-hybridized carbons (Fsp3) is 0.0556. The van der Waals surface area contributed by atoms with E-state index in [9.17, 15) is 19.5 Å². The highest BCUT2D eigenvalue weighted by atomic mass is 35.5. The van der Waals surface area contributed by atoms with Crippen molar-refractivity contribution in [1.29, 1.82) is 0 Å². The molecule has 7 nitrogen and oxygen atoms in total. The molecular weight excluding hydrogens is 360 g/mol. The van der Waals surface area contributed by atoms with Gasteiger partial charge in [0.1, 0.15) is 17.1 Å². The van der Waals surface area contributed by atoms with Crippen molar-refractivity contribution in [1.82, 2.24) is 5.32 Å². The van der Waals surface area contributed by atoms with E-state index < -0.39 is 17.8 Å². The Morgan fingerprint density at radius 1 is 1.15 bits per heavy atom. The molecule has 132 valence electrons. The second-order valence-electron chi connectivity index (χ2n) is 5.33. The number of amides is 4. The summed E-state index contributed by atoms with van der Waals surface area (Å²) in [6.45, 7) is 0. The van der Waals surface area contributed by atoms with E-state index in [1.54, 1.807) is 18.2 Å². The number of barbiturate groups is 1. The monoisotopic (exact) mass is 372 g/mol. The fourth-order valence-electron chi connectivity index (χ4n) is 2.44. The Kier molecular flexibility index (Phi) is 4.64. The molecule has 4 amide bonds. The van der Waals surface area contributed by atoms with Crippen LogP contribution in [-0.2, 0) is 9.59 Å². The molecule has 1 heterocycles. The van der Waals surface area contributed by atoms with E-state index >= 15 is 0 Å². The second-order valence-corrected chi connectivity index (χ2v) is 5.74. The first-order valence-corrected chi connectivity index (χ1v) is 7.83. The van der Waals surface area contributed by atoms with E-state index in [1.807, 2.05) is 0 Å². The van der Waals surface area contributed by atoms with Gasteiger partial charge < -0.3 is 9.84 Å². The Morgan fingerprint density at radius 2 is 1.88 bits per heavy atom. The Hall–Kier alpha value is -3.32. The van der Waals surface area contributed by atoms with Gasteiger partial charge in [-0.2, -0.15) is 0 Å². The van der Waals surface area contributed by atoms with Crippen LogP contribution in [0.1, 0.15) is 5.56 Å². The number of phenols is 1. The van der Waals surface area contributed by atoms with Gasteiger partial charge in [-0.05, 0) is 30.3 Å². The van der Waals surface area contributed by atoms with E-state index in [4.69, 9.17) is 16.3 Å². The molecule has 2 N–H and O–H groups in total. The summed E-state index contributed by atoms with van der Waals surface area (Å²) < 4.78 is 4.99. The van der Waals surface area contributed by atoms with Crippen LogP contribution in [0, 0.1) is 0 Å². The van der Waals surface area contributed by atoms with Crippen molar-refractivity contribution in [3.8, 4) is 11.5 Å². The van der Waals surface area contributed by atoms with Crippen LogP contribution in [-0.4, -0.2) is 30.1 Å². The van der Waals surface area contributed by atoms with Gasteiger partial charge in [0.15, 0.2) is 0 Å². The molecule has 0 spiro atoms. The number of nitrogens with zero attached hydrogens (tertiary/aromatic N) is 1. The zero-order valence-corrected chi connectivity index (χ0v) is 14.3. The lowest BCUT2D eigenvalue weighted by atomic mass is 10.1. The third-order valence-electron chi connectivity index (χ3n) is 3.73. The van der Waals surface area contributed by atoms with E-state index in [-0.39, 0.29) is 27.6 Å². The first kappa shape index (κ1) is 17.5. The topological polar surface area (TPSA) is 95.9 Å². The highest BCUT2D eigenvalue weighted by Crippen LogP contribution is 2.30. The molecule has 2 aromatic carbocycles. The van der Waals surface area contributed by atoms with E-state index in [0.717, 1.165) is 4.90 Å². The van der Waals surface area contributed by atoms with E-state index in [1.165, 1.54) is 37.5 Å². The molecular formula is C18H13ClN2O5. The van der Waals surface area contributed by atoms with Crippen LogP contribution in [0.2, 0.25) is 5.02 Å². The number of imide groups is 2. The molecule has 0 aliphatic carbocycles. The van der Waals surface area contributed by atoms with Gasteiger partial charge in [-0.1, -0.05) is 23.7 Å². The van der Waals surface area contributed by atoms with Crippen molar-refractivity contribution in [2.24, 2.45) is 0 Å². The SMILES string of the molecule is COc1ccc(/C=C2\C(=O)NC(=O)N(c3ccccc3Cl)C2=O)c(O)c1. The smallest absolute Gasteiger partial charge is 0.335 e. The summed E-state index contributed by atoms with van der Waals surface area (Å²) in [6.07, 6.45) is 1.20. The number of hydrogen-bond donors (Lipinski definition) is 2. The van der Waals surface area contributed by atoms with Crippen molar-refractivity contribution in [3.63, 3.8) is 0 Å². The van der Waals surface area contributed by atoms with Crippen molar-refractivity contribution in [2.75, 3.05) is 12.0 Å². The number of urea groups is 1. The third-order valence-corrected chi connectivity index (χ3v) is 4.05. The first-order chi connectivity index (χ1) is 12.4. The van der Waals surface area contributed by atoms with Gasteiger partial charge in [-0.25, -0.2) is 9.69 Å². The summed E-state index contributed by atoms with van der Waals surface area (Å²) in [5, 5.41) is 12.3. The van der Waals surface area contributed by atoms with E-state index in [0.29, 0.717) is 5.75 Å². The molecule has 0 aromatic heterocycles. The molecule has 8 heteroatoms. The van der Waals surface area contributed by atoms with Crippen LogP contribution in [0.25, 0.3) is 6.08 Å². The second kappa shape index (κ2) is 6.89. The Labute approximate surface area is 153 Å². The predicted octanol–water partition coefficient (Wildman–Crippen LogP) is 2.72. The number of ether oxygens (including phenoxy) is 1. The average molecular weight is 373 g/mol. The predicted molar refractivity (Wildman–Crippen MR) is 95.1 cm³/mol. The molecule has 1 saturated heterocycles. The Morgan fingerprint density at radius 3 is 2.54 bits per heavy atom. The lowest BCUT2D eigenvalue weighted by molar-refractivity contribution is -0.122. The molecule has 0 unspecified atom stereocenters. The minimum absolute atomic E-state index is 0.147. The molecule has 0 saturated carbocycles. The average Bonchev–Trinajstić information content (AvgIpc) is 2.61. The number of benzene rings is 2. The van der Waals surface area contributed by atoms with Gasteiger partial charge >= 0.3 is 6.03 Å². The standard InChI is InChI=1S/C18H13ClN2O5/c1-26-11-7-6-10(15(22)9-11)8-12-16(23)20-18(25)21(17(12)24)14-5-3-2-4-13(14)19/h2-9,22H,1H3,(H,20,23,25)/b12-8+. The first-order valence-electron chi connectivity index (χ1n) is 7.45. The summed E-state index contributed by atoms with van der Waals surface area (Å²) in [4.78, 5) is 37.8. The highest BCUT2D eigenvalue weighted by molar-refractivity contribution is 6.42. The highest BCUT2D eigenvalue weighted by Gasteiger charge is 2.37. The van der Waals surface area contributed by atoms with Crippen molar-refractivity contribution >= 4 is 41.2 Å². The van der Waals surface area contributed by atoms with Crippen LogP contribution in [0.5, 0.6) is 11.5 Å². The van der Waals surface area contributed by atoms with Crippen LogP contribution < -0.4 is 15.0 Å². The van der Waals surface area contributed by atoms with Crippen LogP contribution in [0.15, 0.2) is 48.0 Å². The van der Waals surface area contributed by atoms with Crippen LogP contribution in [0.3, 0.4) is 0 Å². The summed E-state index contributed by atoms with van der Waals surface area (Å²) in [6, 6.07) is 9.75. The van der Waals surface area contributed by atoms with Gasteiger partial charge in [-0.15, -0.1) is 0 Å². The van der Waals surface area contributed by atoms with Gasteiger partial charge in [0.25, 0.3) is 11.8 Å². The Balaban J connectivity index is 2.05. The zero-order chi connectivity index (χ0) is 18.8. The lowest BCUT2D eigenvalue weighted by Gasteiger charge is -2.27. The molecule has 2 aromatic rings. The van der Waals surface area contributed by atoms with Gasteiger partial charge in [0.2, 0.25) is 0 Å². The normalized spacial score (nSPS) is 16.0. The fourth-order valence-corrected chi connectivity index (χ4v) is 2.66. The largest absolute Gasteiger partial charge is 0.507 e. The van der Waals surface area contributed by atoms with Gasteiger partial charge in [0.05, 0.1) is 17.8 Å². The number of carbonyl (C=O) groups is 3. The maximum atomic E-state index is 12.7. The molecule has 0 bridgehead atoms. The number of anilines is 1. The number of methoxy groups -OCH3 is 1. The maximum Gasteiger partial charge on any atom is 0.335 e. The van der Waals surface area contributed by atoms with Crippen LogP contribution >= 0.6 is 11.6 Å². The summed E-state index contributed by atoms with van der Waals surface area (Å²) in [5.41, 5.74) is 0.0526. The maximum absolute atomic E-state index is 12.7. The van der Waals surface area contributed by atoms with Crippen molar-refractivity contribution in [2.45, 2.75) is 0 Å². The molecule has 1 aliphatic rings. The number of halogens is 1. The lowest BCUT2D eigenvalue weighted by Crippen LogP contribution is -2.54. The molecule has 3 rings (SSSR count). The molecule has 26 heavy (non-hydrogen) atoms. The molecule has 1 fully saturated rings. The van der Waals surface area contributed by atoms with Crippen LogP contribution in [0.4, 0.5) is 10.5 Å². The van der Waals surface area contributed by atoms with Crippen molar-refractivity contribution in [3.05, 3.63) is 58.6 Å². The number of carbonyl (C=O) groups excluding carboxylic acids is 3. The number of rotatable bonds is 3. The molecule has 0 atom stereocenters. The number of para-hydroxylation sites is 1. The van der Waals surface area contributed by atoms with Gasteiger partial charge in [-0.3, -0.25) is 14.9 Å². The van der Waals surface area contributed by atoms with Gasteiger partial charge in [0, 0.05) is 11.6 Å². The third kappa shape index (κ3) is 3.12.